The van der Waals surface area contributed by atoms with E-state index in [4.69, 9.17) is 0 Å². The molecular formula is C23H25N3O3S. The molecule has 0 bridgehead atoms. The Balaban J connectivity index is 1.40. The van der Waals surface area contributed by atoms with Crippen LogP contribution in [-0.4, -0.2) is 49.8 Å². The van der Waals surface area contributed by atoms with Crippen LogP contribution in [0.15, 0.2) is 77.7 Å². The number of rotatable bonds is 4. The molecule has 0 aliphatic carbocycles. The highest BCUT2D eigenvalue weighted by atomic mass is 32.2. The number of carbonyl (C=O) groups is 1. The molecule has 6 nitrogen and oxygen atoms in total. The molecule has 0 saturated carbocycles. The number of nitrogens with zero attached hydrogens (tertiary/aromatic N) is 2. The summed E-state index contributed by atoms with van der Waals surface area (Å²) >= 11 is 0. The number of sulfonamides is 1. The number of nitrogens with one attached hydrogen (secondary N) is 1. The summed E-state index contributed by atoms with van der Waals surface area (Å²) in [5.41, 5.74) is 1.06. The van der Waals surface area contributed by atoms with Gasteiger partial charge in [0.05, 0.1) is 10.9 Å². The number of amides is 2. The van der Waals surface area contributed by atoms with Crippen molar-refractivity contribution >= 4 is 26.8 Å². The fraction of sp³-hybridized carbons (Fsp3) is 0.261. The molecule has 1 saturated heterocycles. The van der Waals surface area contributed by atoms with Crippen molar-refractivity contribution in [1.82, 2.24) is 14.5 Å². The predicted octanol–water partition coefficient (Wildman–Crippen LogP) is 3.62. The minimum Gasteiger partial charge on any atom is -0.331 e. The first-order valence-electron chi connectivity index (χ1n) is 10.0. The van der Waals surface area contributed by atoms with Crippen LogP contribution in [0.2, 0.25) is 0 Å². The molecule has 30 heavy (non-hydrogen) atoms. The summed E-state index contributed by atoms with van der Waals surface area (Å²) in [6.07, 6.45) is 0. The van der Waals surface area contributed by atoms with Crippen molar-refractivity contribution in [2.75, 3.05) is 26.2 Å². The second-order valence-corrected chi connectivity index (χ2v) is 9.38. The molecule has 1 atom stereocenters. The minimum atomic E-state index is -3.53. The van der Waals surface area contributed by atoms with Crippen LogP contribution in [0.3, 0.4) is 0 Å². The Hall–Kier alpha value is -2.90. The Kier molecular flexibility index (Phi) is 5.74. The number of piperazine rings is 1. The van der Waals surface area contributed by atoms with Crippen molar-refractivity contribution in [3.63, 3.8) is 0 Å². The van der Waals surface area contributed by atoms with Crippen LogP contribution in [-0.2, 0) is 10.0 Å². The standard InChI is InChI=1S/C23H25N3O3S/c1-18(21-13-7-9-19-8-5-6-12-22(19)21)24-23(27)25-14-16-26(17-15-25)30(28,29)20-10-3-2-4-11-20/h2-13,18H,14-17H2,1H3,(H,24,27). The largest absolute Gasteiger partial charge is 0.331 e. The Morgan fingerprint density at radius 1 is 0.867 bits per heavy atom. The molecule has 0 radical (unpaired) electrons. The van der Waals surface area contributed by atoms with Gasteiger partial charge in [-0.05, 0) is 35.4 Å². The number of benzene rings is 3. The van der Waals surface area contributed by atoms with Gasteiger partial charge in [0, 0.05) is 26.2 Å². The van der Waals surface area contributed by atoms with Gasteiger partial charge < -0.3 is 10.2 Å². The molecule has 3 aromatic rings. The van der Waals surface area contributed by atoms with E-state index in [0.717, 1.165) is 16.3 Å². The quantitative estimate of drug-likeness (QED) is 0.697. The summed E-state index contributed by atoms with van der Waals surface area (Å²) in [7, 11) is -3.53. The van der Waals surface area contributed by atoms with E-state index in [2.05, 4.69) is 23.5 Å². The van der Waals surface area contributed by atoms with Gasteiger partial charge in [0.25, 0.3) is 0 Å². The molecule has 1 aliphatic heterocycles. The molecule has 4 rings (SSSR count). The maximum Gasteiger partial charge on any atom is 0.317 e. The van der Waals surface area contributed by atoms with E-state index < -0.39 is 10.0 Å². The van der Waals surface area contributed by atoms with E-state index >= 15 is 0 Å². The lowest BCUT2D eigenvalue weighted by Gasteiger charge is -2.34. The Labute approximate surface area is 177 Å². The van der Waals surface area contributed by atoms with Gasteiger partial charge in [0.1, 0.15) is 0 Å². The number of hydrogen-bond donors (Lipinski definition) is 1. The second kappa shape index (κ2) is 8.45. The Bertz CT molecular complexity index is 1140. The predicted molar refractivity (Wildman–Crippen MR) is 118 cm³/mol. The van der Waals surface area contributed by atoms with Crippen LogP contribution in [0.5, 0.6) is 0 Å². The first-order valence-corrected chi connectivity index (χ1v) is 11.5. The number of hydrogen-bond acceptors (Lipinski definition) is 3. The third-order valence-electron chi connectivity index (χ3n) is 5.54. The van der Waals surface area contributed by atoms with Crippen LogP contribution in [0.25, 0.3) is 10.8 Å². The van der Waals surface area contributed by atoms with Gasteiger partial charge in [-0.15, -0.1) is 0 Å². The van der Waals surface area contributed by atoms with Crippen molar-refractivity contribution in [3.8, 4) is 0 Å². The topological polar surface area (TPSA) is 69.7 Å². The van der Waals surface area contributed by atoms with E-state index in [-0.39, 0.29) is 30.1 Å². The fourth-order valence-electron chi connectivity index (χ4n) is 3.86. The highest BCUT2D eigenvalue weighted by Gasteiger charge is 2.30. The first kappa shape index (κ1) is 20.4. The normalized spacial score (nSPS) is 16.4. The lowest BCUT2D eigenvalue weighted by molar-refractivity contribution is 0.169. The summed E-state index contributed by atoms with van der Waals surface area (Å²) < 4.78 is 27.0. The van der Waals surface area contributed by atoms with E-state index in [9.17, 15) is 13.2 Å². The molecule has 2 amide bonds. The lowest BCUT2D eigenvalue weighted by atomic mass is 10.00. The monoisotopic (exact) mass is 423 g/mol. The molecule has 1 unspecified atom stereocenters. The summed E-state index contributed by atoms with van der Waals surface area (Å²) in [5, 5.41) is 5.31. The van der Waals surface area contributed by atoms with Gasteiger partial charge in [-0.3, -0.25) is 0 Å². The van der Waals surface area contributed by atoms with E-state index in [0.29, 0.717) is 13.1 Å². The van der Waals surface area contributed by atoms with Crippen molar-refractivity contribution in [2.24, 2.45) is 0 Å². The molecular weight excluding hydrogens is 398 g/mol. The Morgan fingerprint density at radius 3 is 2.23 bits per heavy atom. The molecule has 1 fully saturated rings. The van der Waals surface area contributed by atoms with Crippen molar-refractivity contribution < 1.29 is 13.2 Å². The molecule has 1 aliphatic rings. The average Bonchev–Trinajstić information content (AvgIpc) is 2.79. The van der Waals surface area contributed by atoms with Gasteiger partial charge >= 0.3 is 6.03 Å². The molecule has 156 valence electrons. The highest BCUT2D eigenvalue weighted by molar-refractivity contribution is 7.89. The first-order chi connectivity index (χ1) is 14.5. The summed E-state index contributed by atoms with van der Waals surface area (Å²) in [5.74, 6) is 0. The molecule has 1 N–H and O–H groups in total. The van der Waals surface area contributed by atoms with E-state index in [1.165, 1.54) is 4.31 Å². The third kappa shape index (κ3) is 4.04. The van der Waals surface area contributed by atoms with Crippen LogP contribution >= 0.6 is 0 Å². The Morgan fingerprint density at radius 2 is 1.50 bits per heavy atom. The highest BCUT2D eigenvalue weighted by Crippen LogP contribution is 2.24. The van der Waals surface area contributed by atoms with E-state index in [1.54, 1.807) is 35.2 Å². The van der Waals surface area contributed by atoms with Gasteiger partial charge in [-0.25, -0.2) is 13.2 Å². The smallest absolute Gasteiger partial charge is 0.317 e. The fourth-order valence-corrected chi connectivity index (χ4v) is 5.30. The van der Waals surface area contributed by atoms with Crippen molar-refractivity contribution in [3.05, 3.63) is 78.4 Å². The third-order valence-corrected chi connectivity index (χ3v) is 7.45. The maximum absolute atomic E-state index is 12.8. The molecule has 3 aromatic carbocycles. The van der Waals surface area contributed by atoms with Crippen LogP contribution in [0.1, 0.15) is 18.5 Å². The average molecular weight is 424 g/mol. The van der Waals surface area contributed by atoms with Gasteiger partial charge in [-0.1, -0.05) is 60.7 Å². The zero-order chi connectivity index (χ0) is 21.1. The lowest BCUT2D eigenvalue weighted by Crippen LogP contribution is -2.53. The van der Waals surface area contributed by atoms with Crippen molar-refractivity contribution in [1.29, 1.82) is 0 Å². The number of carbonyl (C=O) groups excluding carboxylic acids is 1. The summed E-state index contributed by atoms with van der Waals surface area (Å²) in [6, 6.07) is 22.3. The van der Waals surface area contributed by atoms with E-state index in [1.807, 2.05) is 31.2 Å². The molecule has 1 heterocycles. The minimum absolute atomic E-state index is 0.158. The van der Waals surface area contributed by atoms with Crippen molar-refractivity contribution in [2.45, 2.75) is 17.9 Å². The zero-order valence-corrected chi connectivity index (χ0v) is 17.7. The number of urea groups is 1. The maximum atomic E-state index is 12.8. The van der Waals surface area contributed by atoms with Gasteiger partial charge in [0.2, 0.25) is 10.0 Å². The molecule has 7 heteroatoms. The molecule has 0 spiro atoms. The number of fused-ring (bicyclic) bond motifs is 1. The van der Waals surface area contributed by atoms with Crippen LogP contribution in [0.4, 0.5) is 4.79 Å². The van der Waals surface area contributed by atoms with Gasteiger partial charge in [0.15, 0.2) is 0 Å². The van der Waals surface area contributed by atoms with Crippen LogP contribution in [0, 0.1) is 0 Å². The van der Waals surface area contributed by atoms with Gasteiger partial charge in [-0.2, -0.15) is 4.31 Å². The second-order valence-electron chi connectivity index (χ2n) is 7.44. The summed E-state index contributed by atoms with van der Waals surface area (Å²) in [4.78, 5) is 14.8. The zero-order valence-electron chi connectivity index (χ0n) is 16.9. The van der Waals surface area contributed by atoms with Crippen LogP contribution < -0.4 is 5.32 Å². The summed E-state index contributed by atoms with van der Waals surface area (Å²) in [6.45, 7) is 3.26. The SMILES string of the molecule is CC(NC(=O)N1CCN(S(=O)(=O)c2ccccc2)CC1)c1cccc2ccccc12. The molecule has 0 aromatic heterocycles.